The van der Waals surface area contributed by atoms with Crippen molar-refractivity contribution in [2.24, 2.45) is 0 Å². The van der Waals surface area contributed by atoms with Crippen molar-refractivity contribution in [1.82, 2.24) is 4.90 Å². The lowest BCUT2D eigenvalue weighted by molar-refractivity contribution is -0.131. The van der Waals surface area contributed by atoms with Crippen LogP contribution in [0.5, 0.6) is 11.5 Å². The molecule has 106 valence electrons. The number of phenols is 2. The number of likely N-dealkylation sites (N-methyl/N-ethyl adjacent to an activating group) is 1. The van der Waals surface area contributed by atoms with Crippen LogP contribution in [0.2, 0.25) is 0 Å². The first-order valence-electron chi connectivity index (χ1n) is 6.40. The van der Waals surface area contributed by atoms with Crippen molar-refractivity contribution >= 4 is 5.91 Å². The molecule has 5 nitrogen and oxygen atoms in total. The number of carbonyl (C=O) groups is 1. The van der Waals surface area contributed by atoms with E-state index in [4.69, 9.17) is 5.11 Å². The Kier molecular flexibility index (Phi) is 5.63. The zero-order valence-corrected chi connectivity index (χ0v) is 11.3. The number of aliphatic hydroxyl groups is 1. The minimum atomic E-state index is -0.152. The molecule has 1 atom stereocenters. The molecular weight excluding hydrogens is 246 g/mol. The van der Waals surface area contributed by atoms with Crippen LogP contribution < -0.4 is 0 Å². The fourth-order valence-corrected chi connectivity index (χ4v) is 2.03. The van der Waals surface area contributed by atoms with Crippen molar-refractivity contribution in [3.63, 3.8) is 0 Å². The Hall–Kier alpha value is -1.75. The zero-order chi connectivity index (χ0) is 14.4. The third-order valence-corrected chi connectivity index (χ3v) is 3.13. The standard InChI is InChI=1S/C14H21NO4/c1-3-15(6-7-16)14(19)8-10(2)12-5-4-11(17)9-13(12)18/h4-5,9-10,16-18H,3,6-8H2,1-2H3. The summed E-state index contributed by atoms with van der Waals surface area (Å²) in [4.78, 5) is 13.6. The van der Waals surface area contributed by atoms with Gasteiger partial charge in [0.2, 0.25) is 5.91 Å². The first kappa shape index (κ1) is 15.3. The van der Waals surface area contributed by atoms with Gasteiger partial charge in [0.15, 0.2) is 0 Å². The third kappa shape index (κ3) is 4.13. The molecule has 5 heteroatoms. The van der Waals surface area contributed by atoms with Gasteiger partial charge in [0.25, 0.3) is 0 Å². The number of hydrogen-bond acceptors (Lipinski definition) is 4. The molecule has 0 bridgehead atoms. The third-order valence-electron chi connectivity index (χ3n) is 3.13. The summed E-state index contributed by atoms with van der Waals surface area (Å²) in [5.41, 5.74) is 0.631. The van der Waals surface area contributed by atoms with Gasteiger partial charge in [-0.05, 0) is 24.5 Å². The molecule has 0 saturated carbocycles. The highest BCUT2D eigenvalue weighted by Gasteiger charge is 2.18. The highest BCUT2D eigenvalue weighted by atomic mass is 16.3. The van der Waals surface area contributed by atoms with Crippen molar-refractivity contribution in [3.8, 4) is 11.5 Å². The summed E-state index contributed by atoms with van der Waals surface area (Å²) in [6, 6.07) is 4.37. The molecule has 1 aromatic carbocycles. The normalized spacial score (nSPS) is 12.2. The summed E-state index contributed by atoms with van der Waals surface area (Å²) in [5, 5.41) is 27.9. The van der Waals surface area contributed by atoms with Crippen LogP contribution in [0.3, 0.4) is 0 Å². The van der Waals surface area contributed by atoms with E-state index >= 15 is 0 Å². The second kappa shape index (κ2) is 6.99. The molecule has 19 heavy (non-hydrogen) atoms. The van der Waals surface area contributed by atoms with E-state index in [1.807, 2.05) is 13.8 Å². The van der Waals surface area contributed by atoms with Crippen molar-refractivity contribution in [2.45, 2.75) is 26.2 Å². The van der Waals surface area contributed by atoms with Crippen molar-refractivity contribution in [3.05, 3.63) is 23.8 Å². The van der Waals surface area contributed by atoms with Crippen LogP contribution in [0.15, 0.2) is 18.2 Å². The second-order valence-corrected chi connectivity index (χ2v) is 4.55. The van der Waals surface area contributed by atoms with Crippen LogP contribution >= 0.6 is 0 Å². The average Bonchev–Trinajstić information content (AvgIpc) is 2.35. The fourth-order valence-electron chi connectivity index (χ4n) is 2.03. The molecule has 0 heterocycles. The fraction of sp³-hybridized carbons (Fsp3) is 0.500. The Morgan fingerprint density at radius 3 is 2.58 bits per heavy atom. The number of hydrogen-bond donors (Lipinski definition) is 3. The summed E-state index contributed by atoms with van der Waals surface area (Å²) >= 11 is 0. The Morgan fingerprint density at radius 1 is 1.37 bits per heavy atom. The summed E-state index contributed by atoms with van der Waals surface area (Å²) in [5.74, 6) is -0.224. The molecule has 1 amide bonds. The Morgan fingerprint density at radius 2 is 2.05 bits per heavy atom. The van der Waals surface area contributed by atoms with E-state index in [1.165, 1.54) is 12.1 Å². The first-order valence-corrected chi connectivity index (χ1v) is 6.40. The van der Waals surface area contributed by atoms with E-state index in [1.54, 1.807) is 11.0 Å². The summed E-state index contributed by atoms with van der Waals surface area (Å²) < 4.78 is 0. The number of aliphatic hydroxyl groups excluding tert-OH is 1. The van der Waals surface area contributed by atoms with Gasteiger partial charge in [-0.2, -0.15) is 0 Å². The van der Waals surface area contributed by atoms with Crippen molar-refractivity contribution < 1.29 is 20.1 Å². The molecule has 1 unspecified atom stereocenters. The molecule has 0 aromatic heterocycles. The summed E-state index contributed by atoms with van der Waals surface area (Å²) in [7, 11) is 0. The van der Waals surface area contributed by atoms with Crippen molar-refractivity contribution in [1.29, 1.82) is 0 Å². The zero-order valence-electron chi connectivity index (χ0n) is 11.3. The van der Waals surface area contributed by atoms with Crippen LogP contribution in [0.1, 0.15) is 31.7 Å². The molecule has 0 spiro atoms. The quantitative estimate of drug-likeness (QED) is 0.728. The van der Waals surface area contributed by atoms with Gasteiger partial charge in [-0.25, -0.2) is 0 Å². The lowest BCUT2D eigenvalue weighted by Gasteiger charge is -2.22. The van der Waals surface area contributed by atoms with Gasteiger partial charge in [0.1, 0.15) is 11.5 Å². The van der Waals surface area contributed by atoms with Gasteiger partial charge in [-0.1, -0.05) is 13.0 Å². The molecule has 0 aliphatic rings. The van der Waals surface area contributed by atoms with Crippen LogP contribution in [0.25, 0.3) is 0 Å². The smallest absolute Gasteiger partial charge is 0.223 e. The maximum Gasteiger partial charge on any atom is 0.223 e. The Balaban J connectivity index is 2.73. The maximum atomic E-state index is 12.0. The van der Waals surface area contributed by atoms with Gasteiger partial charge in [-0.15, -0.1) is 0 Å². The molecule has 1 rings (SSSR count). The lowest BCUT2D eigenvalue weighted by atomic mass is 9.96. The molecule has 0 saturated heterocycles. The van der Waals surface area contributed by atoms with Crippen LogP contribution in [0.4, 0.5) is 0 Å². The average molecular weight is 267 g/mol. The molecule has 3 N–H and O–H groups in total. The first-order chi connectivity index (χ1) is 8.99. The van der Waals surface area contributed by atoms with Crippen molar-refractivity contribution in [2.75, 3.05) is 19.7 Å². The minimum Gasteiger partial charge on any atom is -0.508 e. The van der Waals surface area contributed by atoms with E-state index in [-0.39, 0.29) is 36.4 Å². The molecule has 0 aliphatic carbocycles. The van der Waals surface area contributed by atoms with Crippen LogP contribution in [0, 0.1) is 0 Å². The number of benzene rings is 1. The second-order valence-electron chi connectivity index (χ2n) is 4.55. The molecular formula is C14H21NO4. The topological polar surface area (TPSA) is 81.0 Å². The lowest BCUT2D eigenvalue weighted by Crippen LogP contribution is -2.33. The molecule has 0 fully saturated rings. The van der Waals surface area contributed by atoms with E-state index in [2.05, 4.69) is 0 Å². The Labute approximate surface area is 113 Å². The summed E-state index contributed by atoms with van der Waals surface area (Å²) in [6.07, 6.45) is 0.256. The number of carbonyl (C=O) groups excluding carboxylic acids is 1. The predicted molar refractivity (Wildman–Crippen MR) is 72.1 cm³/mol. The van der Waals surface area contributed by atoms with Gasteiger partial charge < -0.3 is 20.2 Å². The number of amides is 1. The molecule has 1 aromatic rings. The number of phenolic OH excluding ortho intramolecular Hbond substituents is 2. The molecule has 0 radical (unpaired) electrons. The maximum absolute atomic E-state index is 12.0. The SMILES string of the molecule is CCN(CCO)C(=O)CC(C)c1ccc(O)cc1O. The summed E-state index contributed by atoms with van der Waals surface area (Å²) in [6.45, 7) is 4.52. The number of rotatable bonds is 6. The predicted octanol–water partition coefficient (Wildman–Crippen LogP) is 1.43. The van der Waals surface area contributed by atoms with Gasteiger partial charge in [0.05, 0.1) is 6.61 Å². The minimum absolute atomic E-state index is 0.00441. The van der Waals surface area contributed by atoms with Gasteiger partial charge >= 0.3 is 0 Å². The van der Waals surface area contributed by atoms with Gasteiger partial charge in [-0.3, -0.25) is 4.79 Å². The van der Waals surface area contributed by atoms with E-state index in [0.29, 0.717) is 18.7 Å². The van der Waals surface area contributed by atoms with E-state index < -0.39 is 0 Å². The van der Waals surface area contributed by atoms with Gasteiger partial charge in [0, 0.05) is 25.6 Å². The van der Waals surface area contributed by atoms with Crippen LogP contribution in [-0.4, -0.2) is 45.8 Å². The van der Waals surface area contributed by atoms with E-state index in [9.17, 15) is 15.0 Å². The monoisotopic (exact) mass is 267 g/mol. The molecule has 0 aliphatic heterocycles. The Bertz CT molecular complexity index is 433. The number of nitrogens with zero attached hydrogens (tertiary/aromatic N) is 1. The number of aromatic hydroxyl groups is 2. The van der Waals surface area contributed by atoms with E-state index in [0.717, 1.165) is 0 Å². The highest BCUT2D eigenvalue weighted by molar-refractivity contribution is 5.77. The van der Waals surface area contributed by atoms with Crippen LogP contribution in [-0.2, 0) is 4.79 Å². The largest absolute Gasteiger partial charge is 0.508 e. The highest BCUT2D eigenvalue weighted by Crippen LogP contribution is 2.31.